The van der Waals surface area contributed by atoms with Crippen LogP contribution < -0.4 is 14.3 Å². The van der Waals surface area contributed by atoms with Gasteiger partial charge in [-0.25, -0.2) is 31.5 Å². The Hall–Kier alpha value is -3.51. The van der Waals surface area contributed by atoms with Gasteiger partial charge in [0.25, 0.3) is 10.0 Å². The molecular weight excluding hydrogens is 478 g/mol. The van der Waals surface area contributed by atoms with Crippen LogP contribution in [0.25, 0.3) is 0 Å². The minimum absolute atomic E-state index is 0.0526. The molecule has 10 nitrogen and oxygen atoms in total. The van der Waals surface area contributed by atoms with Crippen LogP contribution in [0.1, 0.15) is 18.2 Å². The number of nitrogens with zero attached hydrogens (tertiary/aromatic N) is 3. The summed E-state index contributed by atoms with van der Waals surface area (Å²) >= 11 is 0. The lowest BCUT2D eigenvalue weighted by atomic mass is 10.2. The predicted molar refractivity (Wildman–Crippen MR) is 131 cm³/mol. The summed E-state index contributed by atoms with van der Waals surface area (Å²) in [6, 6.07) is 12.8. The first-order chi connectivity index (χ1) is 15.9. The maximum atomic E-state index is 12.8. The molecule has 3 rings (SSSR count). The van der Waals surface area contributed by atoms with Crippen molar-refractivity contribution in [3.8, 4) is 0 Å². The summed E-state index contributed by atoms with van der Waals surface area (Å²) < 4.78 is 53.3. The summed E-state index contributed by atoms with van der Waals surface area (Å²) in [5.74, 6) is -0.629. The number of nitrogens with one attached hydrogen (secondary N) is 2. The second-order valence-electron chi connectivity index (χ2n) is 7.71. The van der Waals surface area contributed by atoms with E-state index in [4.69, 9.17) is 0 Å². The largest absolute Gasteiger partial charge is 0.324 e. The van der Waals surface area contributed by atoms with Gasteiger partial charge < -0.3 is 5.32 Å². The summed E-state index contributed by atoms with van der Waals surface area (Å²) in [5, 5.41) is 2.63. The summed E-state index contributed by atoms with van der Waals surface area (Å²) in [6.45, 7) is 5.06. The number of aromatic nitrogens is 2. The minimum Gasteiger partial charge on any atom is -0.324 e. The van der Waals surface area contributed by atoms with Crippen molar-refractivity contribution in [3.05, 3.63) is 72.1 Å². The van der Waals surface area contributed by atoms with Gasteiger partial charge in [-0.1, -0.05) is 17.7 Å². The zero-order chi connectivity index (χ0) is 25.1. The van der Waals surface area contributed by atoms with E-state index in [1.165, 1.54) is 37.4 Å². The maximum Gasteiger partial charge on any atom is 0.264 e. The maximum absolute atomic E-state index is 12.8. The first-order valence-corrected chi connectivity index (χ1v) is 13.5. The van der Waals surface area contributed by atoms with Gasteiger partial charge in [0.1, 0.15) is 6.04 Å². The molecule has 1 amide bonds. The number of sulfonamides is 2. The van der Waals surface area contributed by atoms with E-state index in [0.29, 0.717) is 17.1 Å². The van der Waals surface area contributed by atoms with Gasteiger partial charge in [-0.15, -0.1) is 0 Å². The number of rotatable bonds is 8. The quantitative estimate of drug-likeness (QED) is 0.482. The van der Waals surface area contributed by atoms with E-state index >= 15 is 0 Å². The van der Waals surface area contributed by atoms with Crippen LogP contribution in [0.2, 0.25) is 0 Å². The standard InChI is InChI=1S/C22H25N5O5S2/c1-15-5-9-19(10-6-15)27(33(4,29)30)17(3)21(28)25-18-7-11-20(12-8-18)34(31,32)26-22-23-14-13-16(2)24-22/h5-14,17H,1-4H3,(H,25,28)(H,23,24,26)/t17-/m1/s1. The number of benzene rings is 2. The molecule has 3 aromatic rings. The topological polar surface area (TPSA) is 138 Å². The molecule has 0 aliphatic heterocycles. The molecule has 0 spiro atoms. The Balaban J connectivity index is 1.76. The van der Waals surface area contributed by atoms with Gasteiger partial charge in [-0.3, -0.25) is 9.10 Å². The van der Waals surface area contributed by atoms with E-state index in [1.54, 1.807) is 37.3 Å². The molecule has 34 heavy (non-hydrogen) atoms. The number of carbonyl (C=O) groups excluding carboxylic acids is 1. The second kappa shape index (κ2) is 9.77. The smallest absolute Gasteiger partial charge is 0.264 e. The third-order valence-electron chi connectivity index (χ3n) is 4.83. The van der Waals surface area contributed by atoms with Crippen LogP contribution in [0.5, 0.6) is 0 Å². The molecule has 2 aromatic carbocycles. The highest BCUT2D eigenvalue weighted by atomic mass is 32.2. The van der Waals surface area contributed by atoms with Crippen LogP contribution in [0, 0.1) is 13.8 Å². The van der Waals surface area contributed by atoms with Gasteiger partial charge in [-0.05, 0) is 63.2 Å². The molecule has 0 radical (unpaired) electrons. The van der Waals surface area contributed by atoms with Crippen LogP contribution in [0.4, 0.5) is 17.3 Å². The highest BCUT2D eigenvalue weighted by Gasteiger charge is 2.29. The highest BCUT2D eigenvalue weighted by Crippen LogP contribution is 2.23. The van der Waals surface area contributed by atoms with Gasteiger partial charge in [0, 0.05) is 17.6 Å². The molecule has 0 fully saturated rings. The fourth-order valence-electron chi connectivity index (χ4n) is 3.14. The Morgan fingerprint density at radius 1 is 0.941 bits per heavy atom. The second-order valence-corrected chi connectivity index (χ2v) is 11.3. The van der Waals surface area contributed by atoms with Crippen molar-refractivity contribution in [3.63, 3.8) is 0 Å². The van der Waals surface area contributed by atoms with Gasteiger partial charge in [0.15, 0.2) is 0 Å². The van der Waals surface area contributed by atoms with E-state index in [-0.39, 0.29) is 10.8 Å². The number of hydrogen-bond acceptors (Lipinski definition) is 7. The highest BCUT2D eigenvalue weighted by molar-refractivity contribution is 7.92. The van der Waals surface area contributed by atoms with Gasteiger partial charge >= 0.3 is 0 Å². The molecule has 0 saturated carbocycles. The third-order valence-corrected chi connectivity index (χ3v) is 7.42. The minimum atomic E-state index is -3.94. The molecule has 0 aliphatic carbocycles. The van der Waals surface area contributed by atoms with Crippen molar-refractivity contribution < 1.29 is 21.6 Å². The number of carbonyl (C=O) groups is 1. The molecule has 0 saturated heterocycles. The first-order valence-electron chi connectivity index (χ1n) is 10.2. The molecule has 1 aromatic heterocycles. The fraction of sp³-hybridized carbons (Fsp3) is 0.227. The van der Waals surface area contributed by atoms with E-state index < -0.39 is 32.0 Å². The zero-order valence-electron chi connectivity index (χ0n) is 19.1. The summed E-state index contributed by atoms with van der Waals surface area (Å²) in [4.78, 5) is 20.7. The molecule has 0 bridgehead atoms. The van der Waals surface area contributed by atoms with Crippen molar-refractivity contribution in [1.29, 1.82) is 0 Å². The lowest BCUT2D eigenvalue weighted by molar-refractivity contribution is -0.116. The number of hydrogen-bond donors (Lipinski definition) is 2. The van der Waals surface area contributed by atoms with E-state index in [0.717, 1.165) is 16.1 Å². The number of aryl methyl sites for hydroxylation is 2. The zero-order valence-corrected chi connectivity index (χ0v) is 20.7. The predicted octanol–water partition coefficient (Wildman–Crippen LogP) is 2.69. The van der Waals surface area contributed by atoms with Crippen LogP contribution in [0.3, 0.4) is 0 Å². The lowest BCUT2D eigenvalue weighted by Gasteiger charge is -2.28. The van der Waals surface area contributed by atoms with E-state index in [2.05, 4.69) is 20.0 Å². The van der Waals surface area contributed by atoms with Crippen LogP contribution in [-0.2, 0) is 24.8 Å². The molecule has 0 unspecified atom stereocenters. The Morgan fingerprint density at radius 2 is 1.56 bits per heavy atom. The molecule has 12 heteroatoms. The van der Waals surface area contributed by atoms with Crippen molar-refractivity contribution in [2.45, 2.75) is 31.7 Å². The number of anilines is 3. The molecule has 0 aliphatic rings. The van der Waals surface area contributed by atoms with Gasteiger partial charge in [0.05, 0.1) is 16.8 Å². The Labute approximate surface area is 199 Å². The molecule has 180 valence electrons. The van der Waals surface area contributed by atoms with Crippen molar-refractivity contribution in [2.24, 2.45) is 0 Å². The van der Waals surface area contributed by atoms with Crippen molar-refractivity contribution in [2.75, 3.05) is 20.6 Å². The Morgan fingerprint density at radius 3 is 2.12 bits per heavy atom. The summed E-state index contributed by atoms with van der Waals surface area (Å²) in [7, 11) is -7.69. The van der Waals surface area contributed by atoms with Gasteiger partial charge in [-0.2, -0.15) is 0 Å². The molecule has 1 atom stereocenters. The molecule has 1 heterocycles. The van der Waals surface area contributed by atoms with Crippen molar-refractivity contribution >= 4 is 43.3 Å². The van der Waals surface area contributed by atoms with Crippen molar-refractivity contribution in [1.82, 2.24) is 9.97 Å². The average molecular weight is 504 g/mol. The monoisotopic (exact) mass is 503 g/mol. The van der Waals surface area contributed by atoms with Crippen LogP contribution >= 0.6 is 0 Å². The average Bonchev–Trinajstić information content (AvgIpc) is 2.74. The third kappa shape index (κ3) is 6.08. The number of amides is 1. The molecule has 2 N–H and O–H groups in total. The lowest BCUT2D eigenvalue weighted by Crippen LogP contribution is -2.45. The fourth-order valence-corrected chi connectivity index (χ4v) is 5.27. The normalized spacial score (nSPS) is 12.6. The Kier molecular flexibility index (Phi) is 7.22. The first kappa shape index (κ1) is 25.1. The Bertz CT molecular complexity index is 1390. The SMILES string of the molecule is Cc1ccc(N([C@H](C)C(=O)Nc2ccc(S(=O)(=O)Nc3nccc(C)n3)cc2)S(C)(=O)=O)cc1. The van der Waals surface area contributed by atoms with Crippen LogP contribution in [0.15, 0.2) is 65.7 Å². The molecular formula is C22H25N5O5S2. The van der Waals surface area contributed by atoms with Crippen LogP contribution in [-0.4, -0.2) is 45.0 Å². The van der Waals surface area contributed by atoms with E-state index in [9.17, 15) is 21.6 Å². The van der Waals surface area contributed by atoms with Gasteiger partial charge in [0.2, 0.25) is 21.9 Å². The summed E-state index contributed by atoms with van der Waals surface area (Å²) in [5.41, 5.74) is 2.23. The summed E-state index contributed by atoms with van der Waals surface area (Å²) in [6.07, 6.45) is 2.47. The van der Waals surface area contributed by atoms with E-state index in [1.807, 2.05) is 6.92 Å².